The van der Waals surface area contributed by atoms with Crippen molar-refractivity contribution in [3.05, 3.63) is 64.0 Å². The van der Waals surface area contributed by atoms with Crippen molar-refractivity contribution < 1.29 is 19.1 Å². The molecule has 0 radical (unpaired) electrons. The third kappa shape index (κ3) is 18.0. The fourth-order valence-corrected chi connectivity index (χ4v) is 9.14. The summed E-state index contributed by atoms with van der Waals surface area (Å²) >= 11 is 20.7. The third-order valence-corrected chi connectivity index (χ3v) is 14.1. The number of nitrogens with two attached hydrogens (primary N) is 4. The molecule has 4 aromatic rings. The van der Waals surface area contributed by atoms with Gasteiger partial charge in [-0.1, -0.05) is 84.3 Å². The summed E-state index contributed by atoms with van der Waals surface area (Å²) in [6, 6.07) is 10.8. The van der Waals surface area contributed by atoms with Gasteiger partial charge in [0.05, 0.1) is 33.8 Å². The van der Waals surface area contributed by atoms with Gasteiger partial charge >= 0.3 is 11.9 Å². The van der Waals surface area contributed by atoms with Crippen LogP contribution in [0.5, 0.6) is 0 Å². The van der Waals surface area contributed by atoms with E-state index in [1.165, 1.54) is 29.7 Å². The van der Waals surface area contributed by atoms with E-state index in [2.05, 4.69) is 44.0 Å². The standard InChI is InChI=1S/C23H32ClN5O2S.C13H25NO2.C10H8Cl2N4S/c1-22(2,3)31-18(30)8-9-23(4)10-12-29(13-11-23)17-14-27-21(20(26)28-17)32-16-7-5-6-15(25)19(16)24;1-12(2,3)16-11(15)5-6-13(4)7-9-14-10-8-13;11-7-4-15-10(9(14)16-7)17-6-3-1-2-5(13)8(6)12/h5-7,14H,8-13,25H2,1-4H3,(H2,26,28);14H,5-10H2,1-4H3;1-4H,13H2,(H2,14,16). The van der Waals surface area contributed by atoms with E-state index in [0.717, 1.165) is 80.3 Å². The second-order valence-corrected chi connectivity index (χ2v) is 22.1. The van der Waals surface area contributed by atoms with Crippen molar-refractivity contribution in [2.24, 2.45) is 10.8 Å². The first kappa shape index (κ1) is 53.7. The number of nitrogens with zero attached hydrogens (tertiary/aromatic N) is 5. The minimum Gasteiger partial charge on any atom is -0.460 e. The Balaban J connectivity index is 0.000000236. The average molecular weight is 993 g/mol. The van der Waals surface area contributed by atoms with Crippen LogP contribution in [0, 0.1) is 10.8 Å². The summed E-state index contributed by atoms with van der Waals surface area (Å²) in [6.07, 6.45) is 10.2. The summed E-state index contributed by atoms with van der Waals surface area (Å²) in [5.41, 5.74) is 24.1. The van der Waals surface area contributed by atoms with E-state index in [0.29, 0.717) is 55.5 Å². The number of ether oxygens (including phenoxy) is 2. The zero-order valence-corrected chi connectivity index (χ0v) is 42.6. The molecule has 0 saturated carbocycles. The van der Waals surface area contributed by atoms with Gasteiger partial charge in [0.1, 0.15) is 32.2 Å². The zero-order chi connectivity index (χ0) is 48.2. The minimum absolute atomic E-state index is 0.0627. The van der Waals surface area contributed by atoms with Gasteiger partial charge < -0.3 is 42.6 Å². The molecule has 9 N–H and O–H groups in total. The number of esters is 2. The zero-order valence-electron chi connectivity index (χ0n) is 38.7. The molecule has 2 aliphatic heterocycles. The number of carbonyl (C=O) groups is 2. The van der Waals surface area contributed by atoms with Crippen LogP contribution in [0.4, 0.5) is 28.8 Å². The molecule has 2 fully saturated rings. The van der Waals surface area contributed by atoms with E-state index in [-0.39, 0.29) is 33.9 Å². The lowest BCUT2D eigenvalue weighted by atomic mass is 9.76. The van der Waals surface area contributed by atoms with Crippen molar-refractivity contribution >= 4 is 99.1 Å². The Morgan fingerprint density at radius 3 is 1.55 bits per heavy atom. The van der Waals surface area contributed by atoms with Gasteiger partial charge in [-0.3, -0.25) is 9.59 Å². The SMILES string of the molecule is CC1(CCC(=O)OC(C)(C)C)CCN(c2cnc(Sc3cccc(N)c3Cl)c(N)n2)CC1.CC1(CCC(=O)OC(C)(C)C)CCNCC1.Nc1cccc(Sc2ncc(Cl)nc2N)c1Cl. The number of anilines is 5. The molecule has 356 valence electrons. The van der Waals surface area contributed by atoms with Gasteiger partial charge in [-0.25, -0.2) is 19.9 Å². The summed E-state index contributed by atoms with van der Waals surface area (Å²) in [5.74, 6) is 1.20. The number of rotatable bonds is 11. The molecular formula is C46H65Cl3N10O4S2. The largest absolute Gasteiger partial charge is 0.460 e. The smallest absolute Gasteiger partial charge is 0.306 e. The molecule has 2 saturated heterocycles. The number of piperidine rings is 2. The van der Waals surface area contributed by atoms with E-state index in [4.69, 9.17) is 67.2 Å². The van der Waals surface area contributed by atoms with Crippen LogP contribution in [-0.2, 0) is 19.1 Å². The molecule has 0 unspecified atom stereocenters. The summed E-state index contributed by atoms with van der Waals surface area (Å²) in [5, 5.41) is 5.72. The molecule has 19 heteroatoms. The predicted molar refractivity (Wildman–Crippen MR) is 268 cm³/mol. The Bertz CT molecular complexity index is 2230. The Kier molecular flexibility index (Phi) is 19.6. The highest BCUT2D eigenvalue weighted by molar-refractivity contribution is 7.99. The third-order valence-electron chi connectivity index (χ3n) is 10.7. The first-order valence-corrected chi connectivity index (χ1v) is 24.3. The summed E-state index contributed by atoms with van der Waals surface area (Å²) < 4.78 is 10.8. The van der Waals surface area contributed by atoms with Crippen LogP contribution in [0.25, 0.3) is 0 Å². The summed E-state index contributed by atoms with van der Waals surface area (Å²) in [7, 11) is 0. The maximum absolute atomic E-state index is 12.1. The molecule has 65 heavy (non-hydrogen) atoms. The fraction of sp³-hybridized carbons (Fsp3) is 0.522. The first-order valence-electron chi connectivity index (χ1n) is 21.6. The van der Waals surface area contributed by atoms with Gasteiger partial charge in [-0.2, -0.15) is 0 Å². The van der Waals surface area contributed by atoms with Gasteiger partial charge in [-0.15, -0.1) is 0 Å². The number of hydrogen-bond donors (Lipinski definition) is 5. The van der Waals surface area contributed by atoms with E-state index in [1.807, 2.05) is 65.8 Å². The van der Waals surface area contributed by atoms with Crippen LogP contribution < -0.4 is 33.2 Å². The van der Waals surface area contributed by atoms with Crippen molar-refractivity contribution in [3.8, 4) is 0 Å². The lowest BCUT2D eigenvalue weighted by Gasteiger charge is -2.40. The molecule has 6 rings (SSSR count). The molecule has 14 nitrogen and oxygen atoms in total. The average Bonchev–Trinajstić information content (AvgIpc) is 3.21. The summed E-state index contributed by atoms with van der Waals surface area (Å²) in [4.78, 5) is 44.5. The quantitative estimate of drug-likeness (QED) is 0.0696. The first-order chi connectivity index (χ1) is 30.3. The number of hydrogen-bond acceptors (Lipinski definition) is 16. The fourth-order valence-electron chi connectivity index (χ4n) is 6.88. The van der Waals surface area contributed by atoms with Gasteiger partial charge in [0.25, 0.3) is 0 Å². The normalized spacial score (nSPS) is 15.7. The van der Waals surface area contributed by atoms with Crippen LogP contribution in [-0.4, -0.2) is 69.3 Å². The Labute approximate surface area is 407 Å². The van der Waals surface area contributed by atoms with E-state index in [1.54, 1.807) is 18.3 Å². The van der Waals surface area contributed by atoms with Crippen LogP contribution in [0.2, 0.25) is 15.2 Å². The minimum atomic E-state index is -0.442. The maximum Gasteiger partial charge on any atom is 0.306 e. The molecule has 2 aliphatic rings. The van der Waals surface area contributed by atoms with Crippen LogP contribution in [0.1, 0.15) is 107 Å². The van der Waals surface area contributed by atoms with Gasteiger partial charge in [0, 0.05) is 35.7 Å². The van der Waals surface area contributed by atoms with Crippen molar-refractivity contribution in [3.63, 3.8) is 0 Å². The molecule has 0 amide bonds. The van der Waals surface area contributed by atoms with Crippen molar-refractivity contribution in [2.45, 2.75) is 138 Å². The highest BCUT2D eigenvalue weighted by Crippen LogP contribution is 2.41. The molecule has 0 spiro atoms. The molecule has 0 bridgehead atoms. The maximum atomic E-state index is 12.1. The number of nitrogen functional groups attached to an aromatic ring is 4. The highest BCUT2D eigenvalue weighted by atomic mass is 35.5. The number of aromatic nitrogens is 4. The molecule has 0 atom stereocenters. The van der Waals surface area contributed by atoms with Crippen LogP contribution in [0.3, 0.4) is 0 Å². The molecule has 4 heterocycles. The van der Waals surface area contributed by atoms with Crippen LogP contribution >= 0.6 is 58.3 Å². The Morgan fingerprint density at radius 2 is 1.12 bits per heavy atom. The van der Waals surface area contributed by atoms with Gasteiger partial charge in [0.15, 0.2) is 11.6 Å². The molecular weight excluding hydrogens is 927 g/mol. The Morgan fingerprint density at radius 1 is 0.692 bits per heavy atom. The molecule has 0 aliphatic carbocycles. The predicted octanol–water partition coefficient (Wildman–Crippen LogP) is 10.8. The van der Waals surface area contributed by atoms with Gasteiger partial charge in [-0.05, 0) is 128 Å². The van der Waals surface area contributed by atoms with Crippen LogP contribution in [0.15, 0.2) is 68.6 Å². The number of benzene rings is 2. The number of halogens is 3. The monoisotopic (exact) mass is 990 g/mol. The second kappa shape index (κ2) is 23.7. The lowest BCUT2D eigenvalue weighted by Crippen LogP contribution is -2.39. The van der Waals surface area contributed by atoms with Crippen molar-refractivity contribution in [1.29, 1.82) is 0 Å². The van der Waals surface area contributed by atoms with Gasteiger partial charge in [0.2, 0.25) is 0 Å². The topological polar surface area (TPSA) is 224 Å². The Hall–Kier alpha value is -3.93. The number of nitrogens with one attached hydrogen (secondary N) is 1. The van der Waals surface area contributed by atoms with E-state index >= 15 is 0 Å². The molecule has 2 aromatic carbocycles. The second-order valence-electron chi connectivity index (χ2n) is 18.9. The van der Waals surface area contributed by atoms with E-state index in [9.17, 15) is 9.59 Å². The number of carbonyl (C=O) groups excluding carboxylic acids is 2. The lowest BCUT2D eigenvalue weighted by molar-refractivity contribution is -0.156. The molecule has 2 aromatic heterocycles. The summed E-state index contributed by atoms with van der Waals surface area (Å²) in [6.45, 7) is 19.8. The highest BCUT2D eigenvalue weighted by Gasteiger charge is 2.32. The van der Waals surface area contributed by atoms with E-state index < -0.39 is 5.60 Å². The van der Waals surface area contributed by atoms with Crippen molar-refractivity contribution in [2.75, 3.05) is 54.0 Å². The van der Waals surface area contributed by atoms with Crippen molar-refractivity contribution in [1.82, 2.24) is 25.3 Å².